The molecule has 3 nitrogen and oxygen atoms in total. The summed E-state index contributed by atoms with van der Waals surface area (Å²) < 4.78 is 0. The molecule has 2 aromatic rings. The Labute approximate surface area is 435 Å². The van der Waals surface area contributed by atoms with E-state index in [1.165, 1.54) is 142 Å². The van der Waals surface area contributed by atoms with E-state index in [0.29, 0.717) is 5.41 Å². The van der Waals surface area contributed by atoms with Gasteiger partial charge in [0.2, 0.25) is 0 Å². The summed E-state index contributed by atoms with van der Waals surface area (Å²) in [5.74, 6) is 3.26. The maximum atomic E-state index is 4.14. The standard InChI is InChI=1S/C16H21N.C13H24.C12H25N.C11H16.C7H17N.C3H6.2C2H6/c1-11(2)15-7-6-14(8-16(15)12(3)4)17-9-13(5)10-17;1-5-8-11-12(4)13(9-6-2)10-7-3;1-5-12(10-11(2)3)6-8-13(4)9-7-12;1-4-5-11-8-9(2)6-7-10(11)3;1-4-5-7(2)6-8-3;1-3-2;2*1-2/h6-8,13H,1,3,9-10H2,2,4-5H3;8,11,13H,4-7,9-10H2,1-3H3;11H,5-10H2,1-4H3;6-8H,4-5H2,1-3H3;7-8H,4-6H2,1-3H3;3H,1H2,2H3;2*1-2H3/b;11-8-;;;;;;. The van der Waals surface area contributed by atoms with Crippen LogP contribution in [0.2, 0.25) is 0 Å². The van der Waals surface area contributed by atoms with Crippen molar-refractivity contribution in [1.82, 2.24) is 10.2 Å². The van der Waals surface area contributed by atoms with Crippen molar-refractivity contribution in [2.75, 3.05) is 51.7 Å². The van der Waals surface area contributed by atoms with E-state index in [2.05, 4.69) is 187 Å². The Morgan fingerprint density at radius 3 is 1.71 bits per heavy atom. The smallest absolute Gasteiger partial charge is 0.0372 e. The van der Waals surface area contributed by atoms with Gasteiger partial charge in [0.05, 0.1) is 0 Å². The van der Waals surface area contributed by atoms with Gasteiger partial charge in [0.1, 0.15) is 0 Å². The Morgan fingerprint density at radius 1 is 0.783 bits per heavy atom. The van der Waals surface area contributed by atoms with Crippen molar-refractivity contribution in [2.24, 2.45) is 29.1 Å². The van der Waals surface area contributed by atoms with E-state index in [1.54, 1.807) is 6.08 Å². The summed E-state index contributed by atoms with van der Waals surface area (Å²) in [4.78, 5) is 4.88. The summed E-state index contributed by atoms with van der Waals surface area (Å²) in [5, 5.41) is 3.15. The van der Waals surface area contributed by atoms with Crippen LogP contribution in [0.4, 0.5) is 5.69 Å². The molecule has 2 saturated heterocycles. The number of likely N-dealkylation sites (tertiary alicyclic amines) is 1. The maximum absolute atomic E-state index is 4.14. The topological polar surface area (TPSA) is 18.5 Å². The van der Waals surface area contributed by atoms with Gasteiger partial charge < -0.3 is 15.1 Å². The highest BCUT2D eigenvalue weighted by molar-refractivity contribution is 5.79. The normalized spacial score (nSPS) is 14.0. The van der Waals surface area contributed by atoms with E-state index in [0.717, 1.165) is 47.8 Å². The van der Waals surface area contributed by atoms with Gasteiger partial charge in [-0.15, -0.1) is 6.58 Å². The van der Waals surface area contributed by atoms with Gasteiger partial charge in [-0.3, -0.25) is 0 Å². The van der Waals surface area contributed by atoms with Gasteiger partial charge >= 0.3 is 0 Å². The molecule has 1 atom stereocenters. The third-order valence-electron chi connectivity index (χ3n) is 12.7. The van der Waals surface area contributed by atoms with E-state index in [-0.39, 0.29) is 0 Å². The molecule has 0 spiro atoms. The molecule has 3 heteroatoms. The summed E-state index contributed by atoms with van der Waals surface area (Å²) >= 11 is 0. The molecule has 2 aliphatic rings. The second-order valence-electron chi connectivity index (χ2n) is 20.3. The SMILES string of the molecule is C=C(/C=C\CC)C(CCC)CCC.C=C(C)c1ccc(N2CC(C)C2)cc1C(=C)C.C=CC.CC.CC.CCC1(CC(C)C)CCN(C)CC1.CCCC(C)CNC.CCCc1cc(C)ccc1C. The van der Waals surface area contributed by atoms with Gasteiger partial charge in [-0.05, 0) is 183 Å². The fourth-order valence-electron chi connectivity index (χ4n) is 8.92. The predicted octanol–water partition coefficient (Wildman–Crippen LogP) is 20.2. The number of benzene rings is 2. The van der Waals surface area contributed by atoms with Gasteiger partial charge in [-0.2, -0.15) is 0 Å². The van der Waals surface area contributed by atoms with Crippen LogP contribution in [0.5, 0.6) is 0 Å². The number of nitrogens with zero attached hydrogens (tertiary/aromatic N) is 2. The highest BCUT2D eigenvalue weighted by atomic mass is 15.2. The monoisotopic (exact) mass is 956 g/mol. The summed E-state index contributed by atoms with van der Waals surface area (Å²) in [5.41, 5.74) is 12.3. The predicted molar refractivity (Wildman–Crippen MR) is 324 cm³/mol. The van der Waals surface area contributed by atoms with E-state index < -0.39 is 0 Å². The third kappa shape index (κ3) is 34.8. The average molecular weight is 957 g/mol. The van der Waals surface area contributed by atoms with Crippen LogP contribution in [0.15, 0.2) is 86.5 Å². The van der Waals surface area contributed by atoms with Crippen LogP contribution in [0.1, 0.15) is 223 Å². The van der Waals surface area contributed by atoms with Crippen LogP contribution in [0, 0.1) is 42.9 Å². The van der Waals surface area contributed by atoms with Gasteiger partial charge in [-0.1, -0.05) is 214 Å². The Kier molecular flexibility index (Phi) is 48.2. The van der Waals surface area contributed by atoms with Crippen LogP contribution in [0.25, 0.3) is 11.1 Å². The molecule has 69 heavy (non-hydrogen) atoms. The minimum Gasteiger partial charge on any atom is -0.371 e. The second kappa shape index (κ2) is 46.0. The first-order valence-corrected chi connectivity index (χ1v) is 28.3. The van der Waals surface area contributed by atoms with Crippen LogP contribution < -0.4 is 10.2 Å². The molecule has 400 valence electrons. The first-order valence-electron chi connectivity index (χ1n) is 28.3. The Morgan fingerprint density at radius 2 is 1.30 bits per heavy atom. The van der Waals surface area contributed by atoms with Crippen molar-refractivity contribution in [3.8, 4) is 0 Å². The number of allylic oxidation sites excluding steroid dienone is 6. The van der Waals surface area contributed by atoms with Crippen molar-refractivity contribution in [2.45, 2.75) is 215 Å². The molecule has 1 N–H and O–H groups in total. The molecule has 0 bridgehead atoms. The highest BCUT2D eigenvalue weighted by Crippen LogP contribution is 2.40. The first kappa shape index (κ1) is 72.4. The zero-order chi connectivity index (χ0) is 54.0. The van der Waals surface area contributed by atoms with E-state index in [1.807, 2.05) is 48.6 Å². The number of anilines is 1. The molecule has 0 aliphatic carbocycles. The van der Waals surface area contributed by atoms with Crippen molar-refractivity contribution in [3.05, 3.63) is 114 Å². The molecule has 0 amide bonds. The fourth-order valence-corrected chi connectivity index (χ4v) is 8.92. The minimum absolute atomic E-state index is 0.681. The van der Waals surface area contributed by atoms with Gasteiger partial charge in [0, 0.05) is 18.8 Å². The average Bonchev–Trinajstić information content (AvgIpc) is 3.31. The molecule has 2 aliphatic heterocycles. The van der Waals surface area contributed by atoms with E-state index in [4.69, 9.17) is 0 Å². The number of rotatable bonds is 19. The third-order valence-corrected chi connectivity index (χ3v) is 12.7. The van der Waals surface area contributed by atoms with Crippen LogP contribution in [-0.4, -0.2) is 51.7 Å². The number of hydrogen-bond donors (Lipinski definition) is 1. The maximum Gasteiger partial charge on any atom is 0.0372 e. The molecule has 1 unspecified atom stereocenters. The van der Waals surface area contributed by atoms with Crippen molar-refractivity contribution < 1.29 is 0 Å². The van der Waals surface area contributed by atoms with Crippen molar-refractivity contribution >= 4 is 16.8 Å². The fraction of sp³-hybridized carbons (Fsp3) is 0.667. The van der Waals surface area contributed by atoms with Crippen molar-refractivity contribution in [1.29, 1.82) is 0 Å². The van der Waals surface area contributed by atoms with E-state index >= 15 is 0 Å². The number of nitrogens with one attached hydrogen (secondary N) is 1. The number of piperidine rings is 1. The second-order valence-corrected chi connectivity index (χ2v) is 20.3. The van der Waals surface area contributed by atoms with Crippen molar-refractivity contribution in [3.63, 3.8) is 0 Å². The summed E-state index contributed by atoms with van der Waals surface area (Å²) in [7, 11) is 4.25. The molecule has 0 aromatic heterocycles. The lowest BCUT2D eigenvalue weighted by atomic mass is 9.71. The highest BCUT2D eigenvalue weighted by Gasteiger charge is 2.32. The summed E-state index contributed by atoms with van der Waals surface area (Å²) in [6.45, 7) is 62.8. The molecule has 2 fully saturated rings. The Bertz CT molecular complexity index is 1570. The Balaban J connectivity index is -0.000000376. The summed E-state index contributed by atoms with van der Waals surface area (Å²) in [6, 6.07) is 13.3. The quantitative estimate of drug-likeness (QED) is 0.112. The van der Waals surface area contributed by atoms with Gasteiger partial charge in [-0.25, -0.2) is 0 Å². The molecular formula is C66H121N3. The largest absolute Gasteiger partial charge is 0.371 e. The van der Waals surface area contributed by atoms with Gasteiger partial charge in [0.25, 0.3) is 0 Å². The van der Waals surface area contributed by atoms with Crippen LogP contribution >= 0.6 is 0 Å². The zero-order valence-electron chi connectivity index (χ0n) is 50.5. The van der Waals surface area contributed by atoms with Crippen LogP contribution in [0.3, 0.4) is 0 Å². The zero-order valence-corrected chi connectivity index (χ0v) is 50.5. The number of aryl methyl sites for hydroxylation is 3. The minimum atomic E-state index is 0.681. The molecule has 0 radical (unpaired) electrons. The lowest BCUT2D eigenvalue weighted by molar-refractivity contribution is 0.0939. The Hall–Kier alpha value is -3.14. The number of hydrogen-bond acceptors (Lipinski definition) is 3. The van der Waals surface area contributed by atoms with E-state index in [9.17, 15) is 0 Å². The molecule has 2 heterocycles. The first-order chi connectivity index (χ1) is 32.8. The molecule has 0 saturated carbocycles. The van der Waals surface area contributed by atoms with Crippen LogP contribution in [-0.2, 0) is 6.42 Å². The lowest BCUT2D eigenvalue weighted by Crippen LogP contribution is -2.45. The van der Waals surface area contributed by atoms with Gasteiger partial charge in [0.15, 0.2) is 0 Å². The molecule has 4 rings (SSSR count). The molecular weight excluding hydrogens is 835 g/mol. The molecule has 2 aromatic carbocycles. The lowest BCUT2D eigenvalue weighted by Gasteiger charge is -2.41. The summed E-state index contributed by atoms with van der Waals surface area (Å²) in [6.07, 6.45) is 23.1.